The molecule has 17 heavy (non-hydrogen) atoms. The maximum absolute atomic E-state index is 11.3. The van der Waals surface area contributed by atoms with Gasteiger partial charge in [0.25, 0.3) is 0 Å². The second-order valence-corrected chi connectivity index (χ2v) is 4.56. The summed E-state index contributed by atoms with van der Waals surface area (Å²) in [5, 5.41) is 18.7. The van der Waals surface area contributed by atoms with Crippen molar-refractivity contribution in [2.45, 2.75) is 13.3 Å². The fourth-order valence-electron chi connectivity index (χ4n) is 1.01. The highest BCUT2D eigenvalue weighted by molar-refractivity contribution is 7.85. The molecule has 0 unspecified atom stereocenters. The summed E-state index contributed by atoms with van der Waals surface area (Å²) in [6.45, 7) is 2.10. The Balaban J connectivity index is 2.69. The Morgan fingerprint density at radius 1 is 1.41 bits per heavy atom. The lowest BCUT2D eigenvalue weighted by molar-refractivity contribution is 0.296. The summed E-state index contributed by atoms with van der Waals surface area (Å²) in [4.78, 5) is 0. The Labute approximate surface area is 99.4 Å². The summed E-state index contributed by atoms with van der Waals surface area (Å²) in [5.41, 5.74) is -0.0173. The summed E-state index contributed by atoms with van der Waals surface area (Å²) in [6.07, 6.45) is 0.650. The molecule has 0 amide bonds. The molecule has 8 heteroatoms. The normalized spacial score (nSPS) is 11.2. The highest BCUT2D eigenvalue weighted by Crippen LogP contribution is 2.18. The van der Waals surface area contributed by atoms with Crippen molar-refractivity contribution in [1.82, 2.24) is 4.72 Å². The molecule has 96 valence electrons. The molecule has 0 aromatic heterocycles. The molecule has 0 saturated carbocycles. The van der Waals surface area contributed by atoms with E-state index in [1.54, 1.807) is 0 Å². The van der Waals surface area contributed by atoms with E-state index in [1.807, 2.05) is 6.92 Å². The maximum Gasteiger partial charge on any atom is 0.382 e. The van der Waals surface area contributed by atoms with Crippen molar-refractivity contribution in [2.75, 3.05) is 11.8 Å². The van der Waals surface area contributed by atoms with Gasteiger partial charge in [0.1, 0.15) is 5.75 Å². The van der Waals surface area contributed by atoms with Crippen LogP contribution in [0.15, 0.2) is 24.3 Å². The molecule has 0 aliphatic heterocycles. The number of anilines is 1. The molecule has 0 heterocycles. The number of nitrogens with zero attached hydrogens (tertiary/aromatic N) is 1. The van der Waals surface area contributed by atoms with Gasteiger partial charge in [0, 0.05) is 6.54 Å². The van der Waals surface area contributed by atoms with Crippen molar-refractivity contribution in [1.29, 1.82) is 0 Å². The SMILES string of the molecule is CCCNS(=O)(=O)Oc1ccc(N([O-])O)cc1. The number of benzene rings is 1. The molecule has 2 N–H and O–H groups in total. The molecule has 0 bridgehead atoms. The highest BCUT2D eigenvalue weighted by atomic mass is 32.2. The molecule has 0 saturated heterocycles. The minimum absolute atomic E-state index is 0.0173. The van der Waals surface area contributed by atoms with Crippen molar-refractivity contribution >= 4 is 16.0 Å². The minimum Gasteiger partial charge on any atom is -0.733 e. The van der Waals surface area contributed by atoms with Gasteiger partial charge >= 0.3 is 10.3 Å². The second-order valence-electron chi connectivity index (χ2n) is 3.20. The Kier molecular flexibility index (Phi) is 4.70. The van der Waals surface area contributed by atoms with Gasteiger partial charge in [-0.25, -0.2) is 0 Å². The van der Waals surface area contributed by atoms with Gasteiger partial charge in [0.2, 0.25) is 0 Å². The first-order valence-corrected chi connectivity index (χ1v) is 6.30. The first kappa shape index (κ1) is 13.7. The predicted molar refractivity (Wildman–Crippen MR) is 61.9 cm³/mol. The fourth-order valence-corrected chi connectivity index (χ4v) is 1.89. The molecule has 0 aliphatic carbocycles. The van der Waals surface area contributed by atoms with Crippen LogP contribution in [0.1, 0.15) is 13.3 Å². The van der Waals surface area contributed by atoms with Crippen molar-refractivity contribution in [3.8, 4) is 5.75 Å². The van der Waals surface area contributed by atoms with Gasteiger partial charge in [-0.1, -0.05) is 6.92 Å². The molecule has 0 fully saturated rings. The van der Waals surface area contributed by atoms with Gasteiger partial charge in [-0.2, -0.15) is 13.1 Å². The second kappa shape index (κ2) is 5.82. The molecular formula is C9H13N2O5S-. The Hall–Kier alpha value is -1.35. The molecular weight excluding hydrogens is 248 g/mol. The van der Waals surface area contributed by atoms with E-state index >= 15 is 0 Å². The molecule has 1 aromatic rings. The van der Waals surface area contributed by atoms with Crippen LogP contribution in [0.25, 0.3) is 0 Å². The van der Waals surface area contributed by atoms with Crippen LogP contribution in [0.2, 0.25) is 0 Å². The van der Waals surface area contributed by atoms with E-state index in [9.17, 15) is 13.6 Å². The third-order valence-corrected chi connectivity index (χ3v) is 2.76. The maximum atomic E-state index is 11.3. The van der Waals surface area contributed by atoms with E-state index in [-0.39, 0.29) is 23.2 Å². The van der Waals surface area contributed by atoms with Gasteiger partial charge in [-0.05, 0) is 30.7 Å². The zero-order valence-electron chi connectivity index (χ0n) is 9.16. The quantitative estimate of drug-likeness (QED) is 0.741. The largest absolute Gasteiger partial charge is 0.733 e. The summed E-state index contributed by atoms with van der Waals surface area (Å²) in [7, 11) is -3.83. The van der Waals surface area contributed by atoms with E-state index in [1.165, 1.54) is 24.3 Å². The first-order valence-electron chi connectivity index (χ1n) is 4.90. The van der Waals surface area contributed by atoms with Gasteiger partial charge in [0.05, 0.1) is 5.69 Å². The predicted octanol–water partition coefficient (Wildman–Crippen LogP) is 1.00. The average Bonchev–Trinajstić information content (AvgIpc) is 2.26. The number of rotatable bonds is 6. The summed E-state index contributed by atoms with van der Waals surface area (Å²) in [5.74, 6) is 0.0548. The Morgan fingerprint density at radius 2 is 2.00 bits per heavy atom. The van der Waals surface area contributed by atoms with Crippen LogP contribution in [-0.2, 0) is 10.3 Å². The summed E-state index contributed by atoms with van der Waals surface area (Å²) >= 11 is 0. The lowest BCUT2D eigenvalue weighted by Gasteiger charge is -2.21. The Morgan fingerprint density at radius 3 is 2.47 bits per heavy atom. The molecule has 1 rings (SSSR count). The molecule has 0 radical (unpaired) electrons. The number of nitrogens with one attached hydrogen (secondary N) is 1. The van der Waals surface area contributed by atoms with Crippen molar-refractivity contribution in [3.05, 3.63) is 29.5 Å². The Bertz CT molecular complexity index is 443. The smallest absolute Gasteiger partial charge is 0.382 e. The van der Waals surface area contributed by atoms with Crippen molar-refractivity contribution < 1.29 is 17.8 Å². The van der Waals surface area contributed by atoms with Crippen LogP contribution in [0.5, 0.6) is 5.75 Å². The monoisotopic (exact) mass is 261 g/mol. The third kappa shape index (κ3) is 4.57. The zero-order chi connectivity index (χ0) is 12.9. The fraction of sp³-hybridized carbons (Fsp3) is 0.333. The van der Waals surface area contributed by atoms with E-state index in [0.717, 1.165) is 0 Å². The molecule has 1 aromatic carbocycles. The standard InChI is InChI=1S/C9H13N2O5S/c1-2-7-10-17(14,15)16-9-5-3-8(4-6-9)11(12)13/h3-6,10,12H,2,7H2,1H3/q-1. The van der Waals surface area contributed by atoms with Gasteiger partial charge in [-0.15, -0.1) is 0 Å². The van der Waals surface area contributed by atoms with E-state index in [4.69, 9.17) is 9.39 Å². The number of hydrogen-bond acceptors (Lipinski definition) is 6. The van der Waals surface area contributed by atoms with E-state index in [0.29, 0.717) is 6.42 Å². The van der Waals surface area contributed by atoms with Crippen LogP contribution >= 0.6 is 0 Å². The van der Waals surface area contributed by atoms with Gasteiger partial charge in [-0.3, -0.25) is 5.21 Å². The first-order chi connectivity index (χ1) is 7.94. The summed E-state index contributed by atoms with van der Waals surface area (Å²) < 4.78 is 29.6. The van der Waals surface area contributed by atoms with E-state index in [2.05, 4.69) is 4.72 Å². The number of hydrogen-bond donors (Lipinski definition) is 2. The van der Waals surface area contributed by atoms with Crippen LogP contribution in [0.4, 0.5) is 5.69 Å². The zero-order valence-corrected chi connectivity index (χ0v) is 9.98. The molecule has 0 aliphatic rings. The van der Waals surface area contributed by atoms with Crippen LogP contribution < -0.4 is 14.1 Å². The highest BCUT2D eigenvalue weighted by Gasteiger charge is 2.10. The average molecular weight is 261 g/mol. The van der Waals surface area contributed by atoms with Gasteiger partial charge in [0.15, 0.2) is 0 Å². The van der Waals surface area contributed by atoms with Crippen molar-refractivity contribution in [2.24, 2.45) is 0 Å². The van der Waals surface area contributed by atoms with Crippen LogP contribution in [-0.4, -0.2) is 20.2 Å². The van der Waals surface area contributed by atoms with Crippen molar-refractivity contribution in [3.63, 3.8) is 0 Å². The molecule has 7 nitrogen and oxygen atoms in total. The van der Waals surface area contributed by atoms with Crippen LogP contribution in [0.3, 0.4) is 0 Å². The molecule has 0 atom stereocenters. The topological polar surface area (TPSA) is 102 Å². The lowest BCUT2D eigenvalue weighted by Crippen LogP contribution is -2.28. The molecule has 0 spiro atoms. The summed E-state index contributed by atoms with van der Waals surface area (Å²) in [6, 6.07) is 5.00. The van der Waals surface area contributed by atoms with Gasteiger partial charge < -0.3 is 14.6 Å². The van der Waals surface area contributed by atoms with Crippen LogP contribution in [0, 0.1) is 5.21 Å². The lowest BCUT2D eigenvalue weighted by atomic mass is 10.3. The van der Waals surface area contributed by atoms with E-state index < -0.39 is 10.3 Å². The third-order valence-electron chi connectivity index (χ3n) is 1.79. The minimum atomic E-state index is -3.83.